The molecule has 0 saturated carbocycles. The molecule has 0 bridgehead atoms. The molecule has 1 fully saturated rings. The Bertz CT molecular complexity index is 1080. The Labute approximate surface area is 211 Å². The van der Waals surface area contributed by atoms with Crippen LogP contribution in [0.25, 0.3) is 0 Å². The highest BCUT2D eigenvalue weighted by Crippen LogP contribution is 2.32. The van der Waals surface area contributed by atoms with E-state index in [0.717, 1.165) is 24.3 Å². The maximum Gasteiger partial charge on any atom is 0.407 e. The number of ether oxygens (including phenoxy) is 3. The maximum atomic E-state index is 12.6. The summed E-state index contributed by atoms with van der Waals surface area (Å²) in [7, 11) is 1.60. The zero-order chi connectivity index (χ0) is 25.9. The third kappa shape index (κ3) is 7.52. The van der Waals surface area contributed by atoms with Gasteiger partial charge in [0.2, 0.25) is 0 Å². The Morgan fingerprint density at radius 1 is 1.14 bits per heavy atom. The molecule has 3 rings (SSSR count). The van der Waals surface area contributed by atoms with Crippen LogP contribution in [-0.2, 0) is 9.47 Å². The zero-order valence-corrected chi connectivity index (χ0v) is 20.9. The molecule has 1 aliphatic rings. The van der Waals surface area contributed by atoms with Gasteiger partial charge in [-0.25, -0.2) is 9.59 Å². The predicted octanol–water partition coefficient (Wildman–Crippen LogP) is 4.66. The number of benzene rings is 2. The minimum Gasteiger partial charge on any atom is -0.495 e. The minimum atomic E-state index is -0.588. The lowest BCUT2D eigenvalue weighted by Crippen LogP contribution is -2.36. The molecule has 0 radical (unpaired) electrons. The summed E-state index contributed by atoms with van der Waals surface area (Å²) < 4.78 is 16.2. The number of anilines is 3. The van der Waals surface area contributed by atoms with Gasteiger partial charge in [-0.05, 0) is 43.2 Å². The fourth-order valence-electron chi connectivity index (χ4n) is 3.82. The fourth-order valence-corrected chi connectivity index (χ4v) is 3.82. The first-order valence-corrected chi connectivity index (χ1v) is 12.0. The van der Waals surface area contributed by atoms with Crippen LogP contribution in [0.3, 0.4) is 0 Å². The minimum absolute atomic E-state index is 0.147. The molecular formula is C26H33N5O5. The summed E-state index contributed by atoms with van der Waals surface area (Å²) in [4.78, 5) is 27.0. The molecule has 10 heteroatoms. The average Bonchev–Trinajstić information content (AvgIpc) is 2.88. The lowest BCUT2D eigenvalue weighted by Gasteiger charge is -2.30. The van der Waals surface area contributed by atoms with E-state index in [-0.39, 0.29) is 12.5 Å². The molecule has 0 spiro atoms. The van der Waals surface area contributed by atoms with Crippen molar-refractivity contribution in [1.82, 2.24) is 5.32 Å². The average molecular weight is 496 g/mol. The van der Waals surface area contributed by atoms with E-state index in [1.54, 1.807) is 31.4 Å². The number of methoxy groups -OCH3 is 1. The van der Waals surface area contributed by atoms with Crippen molar-refractivity contribution in [2.45, 2.75) is 38.8 Å². The van der Waals surface area contributed by atoms with Gasteiger partial charge in [-0.15, -0.1) is 0 Å². The molecule has 0 aliphatic carbocycles. The topological polar surface area (TPSA) is 125 Å². The normalized spacial score (nSPS) is 14.7. The van der Waals surface area contributed by atoms with E-state index < -0.39 is 18.2 Å². The number of nitrogens with one attached hydrogen (secondary N) is 3. The van der Waals surface area contributed by atoms with Crippen LogP contribution in [0, 0.1) is 11.3 Å². The molecule has 2 aromatic rings. The third-order valence-corrected chi connectivity index (χ3v) is 5.82. The van der Waals surface area contributed by atoms with Gasteiger partial charge in [-0.1, -0.05) is 19.1 Å². The quantitative estimate of drug-likeness (QED) is 0.462. The van der Waals surface area contributed by atoms with Crippen LogP contribution >= 0.6 is 0 Å². The number of nitriles is 1. The number of hydrogen-bond acceptors (Lipinski definition) is 7. The molecule has 3 amide bonds. The molecule has 1 aliphatic heterocycles. The third-order valence-electron chi connectivity index (χ3n) is 5.82. The second-order valence-electron chi connectivity index (χ2n) is 8.35. The predicted molar refractivity (Wildman–Crippen MR) is 137 cm³/mol. The summed E-state index contributed by atoms with van der Waals surface area (Å²) in [5.41, 5.74) is 2.91. The van der Waals surface area contributed by atoms with Gasteiger partial charge < -0.3 is 35.1 Å². The van der Waals surface area contributed by atoms with E-state index in [4.69, 9.17) is 19.5 Å². The van der Waals surface area contributed by atoms with Crippen molar-refractivity contribution in [1.29, 1.82) is 5.26 Å². The van der Waals surface area contributed by atoms with Crippen LogP contribution in [0.15, 0.2) is 42.5 Å². The van der Waals surface area contributed by atoms with Crippen molar-refractivity contribution in [2.75, 3.05) is 48.9 Å². The second-order valence-corrected chi connectivity index (χ2v) is 8.35. The molecule has 36 heavy (non-hydrogen) atoms. The van der Waals surface area contributed by atoms with E-state index in [9.17, 15) is 9.59 Å². The van der Waals surface area contributed by atoms with Gasteiger partial charge in [0, 0.05) is 30.5 Å². The van der Waals surface area contributed by atoms with E-state index in [2.05, 4.69) is 20.9 Å². The summed E-state index contributed by atoms with van der Waals surface area (Å²) in [6.07, 6.45) is -0.323. The Morgan fingerprint density at radius 3 is 2.53 bits per heavy atom. The summed E-state index contributed by atoms with van der Waals surface area (Å²) in [6, 6.07) is 14.0. The highest BCUT2D eigenvalue weighted by molar-refractivity contribution is 6.00. The molecule has 192 valence electrons. The molecule has 1 saturated heterocycles. The number of alkyl carbamates (subject to hydrolysis) is 1. The van der Waals surface area contributed by atoms with Crippen LogP contribution < -0.4 is 25.6 Å². The second kappa shape index (κ2) is 13.2. The van der Waals surface area contributed by atoms with Crippen molar-refractivity contribution in [3.05, 3.63) is 48.0 Å². The standard InChI is InChI=1S/C26H33N5O5/c1-4-22(10-11-27)36-26(33)28-18(2)19-6-5-7-20(16-19)29-25(32)30-21-8-9-23(24(17-21)34-3)31-12-14-35-15-13-31/h5-9,16-18,22H,4,10,12-15H2,1-3H3,(H,28,33)(H2,29,30,32)/t18-,22?/m0/s1. The van der Waals surface area contributed by atoms with E-state index >= 15 is 0 Å². The van der Waals surface area contributed by atoms with Gasteiger partial charge in [0.05, 0.1) is 44.5 Å². The maximum absolute atomic E-state index is 12.6. The summed E-state index contributed by atoms with van der Waals surface area (Å²) in [5.74, 6) is 0.670. The number of urea groups is 1. The molecule has 3 N–H and O–H groups in total. The van der Waals surface area contributed by atoms with Crippen molar-refractivity contribution in [3.63, 3.8) is 0 Å². The smallest absolute Gasteiger partial charge is 0.407 e. The monoisotopic (exact) mass is 495 g/mol. The SMILES string of the molecule is CCC(CC#N)OC(=O)N[C@@H](C)c1cccc(NC(=O)Nc2ccc(N3CCOCC3)c(OC)c2)c1. The van der Waals surface area contributed by atoms with Crippen LogP contribution in [0.1, 0.15) is 38.3 Å². The zero-order valence-electron chi connectivity index (χ0n) is 20.9. The summed E-state index contributed by atoms with van der Waals surface area (Å²) >= 11 is 0. The van der Waals surface area contributed by atoms with Gasteiger partial charge in [0.1, 0.15) is 11.9 Å². The van der Waals surface area contributed by atoms with Crippen LogP contribution in [0.2, 0.25) is 0 Å². The number of morpholine rings is 1. The molecule has 10 nitrogen and oxygen atoms in total. The number of nitrogens with zero attached hydrogens (tertiary/aromatic N) is 2. The molecule has 0 aromatic heterocycles. The molecule has 1 heterocycles. The van der Waals surface area contributed by atoms with Gasteiger partial charge in [0.25, 0.3) is 0 Å². The highest BCUT2D eigenvalue weighted by Gasteiger charge is 2.18. The Kier molecular flexibility index (Phi) is 9.77. The van der Waals surface area contributed by atoms with Gasteiger partial charge in [0.15, 0.2) is 0 Å². The van der Waals surface area contributed by atoms with Crippen LogP contribution in [0.5, 0.6) is 5.75 Å². The van der Waals surface area contributed by atoms with E-state index in [0.29, 0.717) is 36.8 Å². The Balaban J connectivity index is 1.58. The molecular weight excluding hydrogens is 462 g/mol. The van der Waals surface area contributed by atoms with Crippen molar-refractivity contribution >= 4 is 29.2 Å². The first-order valence-electron chi connectivity index (χ1n) is 12.0. The lowest BCUT2D eigenvalue weighted by molar-refractivity contribution is 0.0950. The van der Waals surface area contributed by atoms with Crippen LogP contribution in [0.4, 0.5) is 26.7 Å². The summed E-state index contributed by atoms with van der Waals surface area (Å²) in [5, 5.41) is 17.2. The Hall–Kier alpha value is -3.97. The number of rotatable bonds is 9. The largest absolute Gasteiger partial charge is 0.495 e. The van der Waals surface area contributed by atoms with Gasteiger partial charge in [-0.2, -0.15) is 5.26 Å². The van der Waals surface area contributed by atoms with Crippen molar-refractivity contribution < 1.29 is 23.8 Å². The first-order chi connectivity index (χ1) is 17.4. The number of carbonyl (C=O) groups is 2. The highest BCUT2D eigenvalue weighted by atomic mass is 16.6. The van der Waals surface area contributed by atoms with E-state index in [1.165, 1.54) is 0 Å². The van der Waals surface area contributed by atoms with Crippen LogP contribution in [-0.4, -0.2) is 51.6 Å². The molecule has 1 unspecified atom stereocenters. The fraction of sp³-hybridized carbons (Fsp3) is 0.423. The summed E-state index contributed by atoms with van der Waals surface area (Å²) in [6.45, 7) is 6.57. The lowest BCUT2D eigenvalue weighted by atomic mass is 10.1. The molecule has 2 atom stereocenters. The molecule has 2 aromatic carbocycles. The first kappa shape index (κ1) is 26.6. The number of carbonyl (C=O) groups excluding carboxylic acids is 2. The van der Waals surface area contributed by atoms with Gasteiger partial charge >= 0.3 is 12.1 Å². The van der Waals surface area contributed by atoms with Gasteiger partial charge in [-0.3, -0.25) is 0 Å². The number of hydrogen-bond donors (Lipinski definition) is 3. The number of amides is 3. The Morgan fingerprint density at radius 2 is 1.86 bits per heavy atom. The van der Waals surface area contributed by atoms with Crippen molar-refractivity contribution in [2.24, 2.45) is 0 Å². The van der Waals surface area contributed by atoms with E-state index in [1.807, 2.05) is 38.1 Å². The van der Waals surface area contributed by atoms with Crippen molar-refractivity contribution in [3.8, 4) is 11.8 Å².